The van der Waals surface area contributed by atoms with Gasteiger partial charge in [0.2, 0.25) is 17.7 Å². The Morgan fingerprint density at radius 1 is 1.48 bits per heavy atom. The fourth-order valence-electron chi connectivity index (χ4n) is 2.75. The van der Waals surface area contributed by atoms with Crippen LogP contribution in [-0.4, -0.2) is 47.0 Å². The van der Waals surface area contributed by atoms with Gasteiger partial charge in [-0.25, -0.2) is 0 Å². The van der Waals surface area contributed by atoms with Crippen molar-refractivity contribution in [3.8, 4) is 0 Å². The van der Waals surface area contributed by atoms with Gasteiger partial charge in [0.05, 0.1) is 5.41 Å². The molecule has 1 saturated heterocycles. The zero-order valence-corrected chi connectivity index (χ0v) is 12.8. The molecule has 1 N–H and O–H groups in total. The number of hydrogen-bond acceptors (Lipinski definition) is 5. The number of carbonyl (C=O) groups is 2. The molecule has 1 atom stereocenters. The normalized spacial score (nSPS) is 22.1. The van der Waals surface area contributed by atoms with Gasteiger partial charge in [0.25, 0.3) is 0 Å². The van der Waals surface area contributed by atoms with E-state index in [9.17, 15) is 9.59 Å². The summed E-state index contributed by atoms with van der Waals surface area (Å²) >= 11 is 0. The van der Waals surface area contributed by atoms with Crippen LogP contribution in [0.3, 0.4) is 0 Å². The van der Waals surface area contributed by atoms with Crippen molar-refractivity contribution < 1.29 is 14.1 Å². The lowest BCUT2D eigenvalue weighted by Crippen LogP contribution is -2.51. The van der Waals surface area contributed by atoms with Crippen LogP contribution in [0.15, 0.2) is 4.52 Å². The number of amides is 2. The first-order valence-corrected chi connectivity index (χ1v) is 7.24. The number of hydrogen-bond donors (Lipinski definition) is 1. The second-order valence-electron chi connectivity index (χ2n) is 5.79. The number of rotatable bonds is 4. The van der Waals surface area contributed by atoms with Crippen LogP contribution in [0.4, 0.5) is 0 Å². The Kier molecular flexibility index (Phi) is 4.59. The number of aromatic nitrogens is 2. The van der Waals surface area contributed by atoms with Crippen LogP contribution in [0.5, 0.6) is 0 Å². The number of likely N-dealkylation sites (tertiary alicyclic amines) is 1. The summed E-state index contributed by atoms with van der Waals surface area (Å²) in [4.78, 5) is 30.1. The molecule has 0 saturated carbocycles. The summed E-state index contributed by atoms with van der Waals surface area (Å²) in [6.45, 7) is 4.82. The van der Waals surface area contributed by atoms with Crippen LogP contribution >= 0.6 is 0 Å². The Morgan fingerprint density at radius 2 is 2.24 bits per heavy atom. The summed E-state index contributed by atoms with van der Waals surface area (Å²) < 4.78 is 5.00. The minimum Gasteiger partial charge on any atom is -0.359 e. The first kappa shape index (κ1) is 15.5. The van der Waals surface area contributed by atoms with E-state index in [-0.39, 0.29) is 11.8 Å². The fraction of sp³-hybridized carbons (Fsp3) is 0.714. The Balaban J connectivity index is 1.91. The zero-order chi connectivity index (χ0) is 15.5. The average Bonchev–Trinajstić information content (AvgIpc) is 2.89. The van der Waals surface area contributed by atoms with Crippen LogP contribution in [-0.2, 0) is 16.0 Å². The molecule has 0 bridgehead atoms. The summed E-state index contributed by atoms with van der Waals surface area (Å²) in [6.07, 6.45) is 2.41. The predicted molar refractivity (Wildman–Crippen MR) is 75.3 cm³/mol. The number of aryl methyl sites for hydroxylation is 2. The molecule has 0 aliphatic carbocycles. The predicted octanol–water partition coefficient (Wildman–Crippen LogP) is 0.685. The van der Waals surface area contributed by atoms with E-state index in [2.05, 4.69) is 15.5 Å². The molecule has 0 radical (unpaired) electrons. The minimum atomic E-state index is -0.496. The highest BCUT2D eigenvalue weighted by atomic mass is 16.5. The molecule has 1 aliphatic heterocycles. The molecular weight excluding hydrogens is 272 g/mol. The molecule has 2 rings (SSSR count). The fourth-order valence-corrected chi connectivity index (χ4v) is 2.75. The van der Waals surface area contributed by atoms with Crippen LogP contribution in [0.25, 0.3) is 0 Å². The molecule has 0 aromatic carbocycles. The van der Waals surface area contributed by atoms with Gasteiger partial charge in [-0.3, -0.25) is 9.59 Å². The Hall–Kier alpha value is -1.92. The molecule has 1 fully saturated rings. The van der Waals surface area contributed by atoms with Crippen LogP contribution in [0.1, 0.15) is 37.9 Å². The van der Waals surface area contributed by atoms with Gasteiger partial charge in [-0.2, -0.15) is 4.98 Å². The van der Waals surface area contributed by atoms with E-state index >= 15 is 0 Å². The van der Waals surface area contributed by atoms with Crippen molar-refractivity contribution in [3.05, 3.63) is 11.7 Å². The van der Waals surface area contributed by atoms with Crippen molar-refractivity contribution in [1.82, 2.24) is 20.4 Å². The van der Waals surface area contributed by atoms with Crippen LogP contribution in [0.2, 0.25) is 0 Å². The molecule has 21 heavy (non-hydrogen) atoms. The van der Waals surface area contributed by atoms with Gasteiger partial charge in [-0.05, 0) is 26.7 Å². The highest BCUT2D eigenvalue weighted by Gasteiger charge is 2.38. The number of nitrogens with one attached hydrogen (secondary N) is 1. The molecule has 0 spiro atoms. The molecule has 1 aromatic heterocycles. The third-order valence-corrected chi connectivity index (χ3v) is 3.95. The molecule has 116 valence electrons. The lowest BCUT2D eigenvalue weighted by atomic mass is 9.81. The highest BCUT2D eigenvalue weighted by Crippen LogP contribution is 2.30. The second-order valence-corrected chi connectivity index (χ2v) is 5.79. The quantitative estimate of drug-likeness (QED) is 0.882. The number of piperidine rings is 1. The smallest absolute Gasteiger partial charge is 0.227 e. The molecule has 7 nitrogen and oxygen atoms in total. The van der Waals surface area contributed by atoms with Gasteiger partial charge in [0.1, 0.15) is 0 Å². The first-order valence-electron chi connectivity index (χ1n) is 7.24. The maximum atomic E-state index is 12.3. The van der Waals surface area contributed by atoms with E-state index in [1.807, 2.05) is 6.92 Å². The van der Waals surface area contributed by atoms with Crippen molar-refractivity contribution in [3.63, 3.8) is 0 Å². The van der Waals surface area contributed by atoms with E-state index in [1.54, 1.807) is 18.9 Å². The van der Waals surface area contributed by atoms with Gasteiger partial charge < -0.3 is 14.7 Å². The first-order chi connectivity index (χ1) is 9.94. The Morgan fingerprint density at radius 3 is 2.86 bits per heavy atom. The molecule has 7 heteroatoms. The third-order valence-electron chi connectivity index (χ3n) is 3.95. The van der Waals surface area contributed by atoms with E-state index in [0.29, 0.717) is 37.6 Å². The summed E-state index contributed by atoms with van der Waals surface area (Å²) in [6, 6.07) is 0. The van der Waals surface area contributed by atoms with Crippen molar-refractivity contribution in [2.75, 3.05) is 20.1 Å². The lowest BCUT2D eigenvalue weighted by Gasteiger charge is -2.39. The van der Waals surface area contributed by atoms with Crippen LogP contribution < -0.4 is 5.32 Å². The molecule has 1 aromatic rings. The van der Waals surface area contributed by atoms with E-state index < -0.39 is 5.41 Å². The maximum Gasteiger partial charge on any atom is 0.227 e. The molecule has 1 aliphatic rings. The minimum absolute atomic E-state index is 0.00692. The molecule has 0 unspecified atom stereocenters. The molecule has 2 heterocycles. The summed E-state index contributed by atoms with van der Waals surface area (Å²) in [5, 5.41) is 6.39. The largest absolute Gasteiger partial charge is 0.359 e. The highest BCUT2D eigenvalue weighted by molar-refractivity contribution is 5.84. The topological polar surface area (TPSA) is 88.3 Å². The second kappa shape index (κ2) is 6.24. The van der Waals surface area contributed by atoms with Gasteiger partial charge in [-0.1, -0.05) is 5.16 Å². The average molecular weight is 294 g/mol. The van der Waals surface area contributed by atoms with Crippen molar-refractivity contribution in [2.24, 2.45) is 5.41 Å². The van der Waals surface area contributed by atoms with Crippen molar-refractivity contribution >= 4 is 11.8 Å². The summed E-state index contributed by atoms with van der Waals surface area (Å²) in [7, 11) is 1.63. The maximum absolute atomic E-state index is 12.3. The van der Waals surface area contributed by atoms with Crippen molar-refractivity contribution in [1.29, 1.82) is 0 Å². The monoisotopic (exact) mass is 294 g/mol. The SMILES string of the molecule is CNC(=O)[C@]1(C)CCCN(C(=O)CCc2nc(C)no2)C1. The van der Waals surface area contributed by atoms with E-state index in [4.69, 9.17) is 4.52 Å². The van der Waals surface area contributed by atoms with Crippen LogP contribution in [0, 0.1) is 12.3 Å². The van der Waals surface area contributed by atoms with Gasteiger partial charge >= 0.3 is 0 Å². The van der Waals surface area contributed by atoms with Gasteiger partial charge in [0.15, 0.2) is 5.82 Å². The van der Waals surface area contributed by atoms with E-state index in [0.717, 1.165) is 12.8 Å². The summed E-state index contributed by atoms with van der Waals surface area (Å²) in [5.74, 6) is 1.07. The van der Waals surface area contributed by atoms with Crippen molar-refractivity contribution in [2.45, 2.75) is 39.5 Å². The van der Waals surface area contributed by atoms with Gasteiger partial charge in [-0.15, -0.1) is 0 Å². The Labute approximate surface area is 124 Å². The number of carbonyl (C=O) groups excluding carboxylic acids is 2. The molecular formula is C14H22N4O3. The van der Waals surface area contributed by atoms with Gasteiger partial charge in [0, 0.05) is 33.0 Å². The third kappa shape index (κ3) is 3.59. The zero-order valence-electron chi connectivity index (χ0n) is 12.8. The standard InChI is InChI=1S/C14H22N4O3/c1-10-16-11(21-17-10)5-6-12(19)18-8-4-7-14(2,9-18)13(20)15-3/h4-9H2,1-3H3,(H,15,20)/t14-/m1/s1. The molecule has 2 amide bonds. The Bertz CT molecular complexity index is 528. The lowest BCUT2D eigenvalue weighted by molar-refractivity contribution is -0.140. The summed E-state index contributed by atoms with van der Waals surface area (Å²) in [5.41, 5.74) is -0.496. The van der Waals surface area contributed by atoms with E-state index in [1.165, 1.54) is 0 Å². The number of nitrogens with zero attached hydrogens (tertiary/aromatic N) is 3.